The van der Waals surface area contributed by atoms with E-state index in [0.29, 0.717) is 0 Å². The van der Waals surface area contributed by atoms with Crippen molar-refractivity contribution in [3.8, 4) is 33.4 Å². The van der Waals surface area contributed by atoms with Crippen molar-refractivity contribution in [2.24, 2.45) is 0 Å². The Morgan fingerprint density at radius 3 is 1.28 bits per heavy atom. The molecule has 1 nitrogen and oxygen atoms in total. The van der Waals surface area contributed by atoms with E-state index in [0.717, 1.165) is 21.9 Å². The van der Waals surface area contributed by atoms with Crippen molar-refractivity contribution in [3.05, 3.63) is 142 Å². The van der Waals surface area contributed by atoms with Gasteiger partial charge in [-0.25, -0.2) is 0 Å². The summed E-state index contributed by atoms with van der Waals surface area (Å²) in [6.07, 6.45) is 0. The summed E-state index contributed by atoms with van der Waals surface area (Å²) >= 11 is 0. The molecule has 0 unspecified atom stereocenters. The lowest BCUT2D eigenvalue weighted by molar-refractivity contribution is 0.669. The molecule has 230 valence electrons. The predicted molar refractivity (Wildman–Crippen MR) is 203 cm³/mol. The summed E-state index contributed by atoms with van der Waals surface area (Å²) in [5, 5.41) is 7.77. The van der Waals surface area contributed by atoms with Crippen LogP contribution in [0.3, 0.4) is 0 Å². The first-order valence-corrected chi connectivity index (χ1v) is 16.7. The van der Waals surface area contributed by atoms with Crippen molar-refractivity contribution in [3.63, 3.8) is 0 Å². The van der Waals surface area contributed by atoms with E-state index in [-0.39, 0.29) is 0 Å². The van der Waals surface area contributed by atoms with Gasteiger partial charge in [-0.3, -0.25) is 0 Å². The van der Waals surface area contributed by atoms with Crippen LogP contribution in [-0.2, 0) is 0 Å². The van der Waals surface area contributed by atoms with Gasteiger partial charge in [0, 0.05) is 10.8 Å². The molecular formula is C46H40O. The molecule has 47 heavy (non-hydrogen) atoms. The fourth-order valence-corrected chi connectivity index (χ4v) is 8.04. The van der Waals surface area contributed by atoms with Gasteiger partial charge in [-0.1, -0.05) is 78.9 Å². The van der Waals surface area contributed by atoms with E-state index in [1.165, 1.54) is 99.4 Å². The van der Waals surface area contributed by atoms with E-state index < -0.39 is 0 Å². The number of aryl methyl sites for hydroxylation is 4. The Bertz CT molecular complexity index is 2480. The normalized spacial score (nSPS) is 11.8. The molecule has 0 saturated carbocycles. The highest BCUT2D eigenvalue weighted by molar-refractivity contribution is 6.26. The fourth-order valence-electron chi connectivity index (χ4n) is 8.04. The number of benzene rings is 7. The molecule has 0 N–H and O–H groups in total. The van der Waals surface area contributed by atoms with Crippen LogP contribution in [0.15, 0.2) is 101 Å². The second kappa shape index (κ2) is 10.7. The van der Waals surface area contributed by atoms with Crippen LogP contribution < -0.4 is 0 Å². The summed E-state index contributed by atoms with van der Waals surface area (Å²) in [5.74, 6) is 0. The summed E-state index contributed by atoms with van der Waals surface area (Å²) < 4.78 is 6.29. The third-order valence-electron chi connectivity index (χ3n) is 11.3. The number of furan rings is 1. The molecule has 0 saturated heterocycles. The Hall–Kier alpha value is -5.14. The van der Waals surface area contributed by atoms with Crippen LogP contribution in [0.5, 0.6) is 0 Å². The smallest absolute Gasteiger partial charge is 0.135 e. The topological polar surface area (TPSA) is 13.1 Å². The number of hydrogen-bond donors (Lipinski definition) is 0. The third kappa shape index (κ3) is 4.22. The van der Waals surface area contributed by atoms with E-state index in [1.54, 1.807) is 0 Å². The molecule has 0 bridgehead atoms. The summed E-state index contributed by atoms with van der Waals surface area (Å²) in [6.45, 7) is 18.5. The molecule has 7 aromatic carbocycles. The van der Waals surface area contributed by atoms with Gasteiger partial charge in [-0.15, -0.1) is 0 Å². The Balaban J connectivity index is 1.58. The van der Waals surface area contributed by atoms with Crippen LogP contribution in [-0.4, -0.2) is 0 Å². The molecule has 1 aromatic heterocycles. The van der Waals surface area contributed by atoms with Gasteiger partial charge in [-0.2, -0.15) is 0 Å². The largest absolute Gasteiger partial charge is 0.456 e. The summed E-state index contributed by atoms with van der Waals surface area (Å²) in [7, 11) is 0. The average Bonchev–Trinajstić information content (AvgIpc) is 3.48. The zero-order chi connectivity index (χ0) is 32.7. The van der Waals surface area contributed by atoms with Crippen LogP contribution in [0.2, 0.25) is 0 Å². The highest BCUT2D eigenvalue weighted by atomic mass is 16.3. The second-order valence-electron chi connectivity index (χ2n) is 13.5. The zero-order valence-electron chi connectivity index (χ0n) is 28.6. The monoisotopic (exact) mass is 608 g/mol. The van der Waals surface area contributed by atoms with Gasteiger partial charge >= 0.3 is 0 Å². The zero-order valence-corrected chi connectivity index (χ0v) is 28.6. The van der Waals surface area contributed by atoms with E-state index in [1.807, 2.05) is 6.07 Å². The van der Waals surface area contributed by atoms with Gasteiger partial charge in [0.25, 0.3) is 0 Å². The van der Waals surface area contributed by atoms with Gasteiger partial charge in [-0.05, 0) is 173 Å². The molecule has 0 aliphatic heterocycles. The van der Waals surface area contributed by atoms with Gasteiger partial charge in [0.15, 0.2) is 0 Å². The molecule has 0 aliphatic rings. The summed E-state index contributed by atoms with van der Waals surface area (Å²) in [5.41, 5.74) is 20.4. The average molecular weight is 609 g/mol. The molecular weight excluding hydrogens is 569 g/mol. The molecule has 0 amide bonds. The lowest BCUT2D eigenvalue weighted by Crippen LogP contribution is -2.03. The van der Waals surface area contributed by atoms with Crippen molar-refractivity contribution in [2.75, 3.05) is 0 Å². The number of hydrogen-bond acceptors (Lipinski definition) is 1. The lowest BCUT2D eigenvalue weighted by Gasteiger charge is -2.27. The third-order valence-corrected chi connectivity index (χ3v) is 11.3. The van der Waals surface area contributed by atoms with Crippen molar-refractivity contribution in [1.82, 2.24) is 0 Å². The van der Waals surface area contributed by atoms with Gasteiger partial charge in [0.2, 0.25) is 0 Å². The van der Waals surface area contributed by atoms with Crippen molar-refractivity contribution in [1.29, 1.82) is 0 Å². The minimum Gasteiger partial charge on any atom is -0.456 e. The highest BCUT2D eigenvalue weighted by Gasteiger charge is 2.26. The van der Waals surface area contributed by atoms with E-state index >= 15 is 0 Å². The van der Waals surface area contributed by atoms with Crippen molar-refractivity contribution in [2.45, 2.75) is 55.4 Å². The molecule has 0 fully saturated rings. The Kier molecular flexibility index (Phi) is 6.67. The lowest BCUT2D eigenvalue weighted by atomic mass is 9.76. The van der Waals surface area contributed by atoms with Crippen LogP contribution in [0, 0.1) is 55.4 Å². The SMILES string of the molecule is Cc1c(C)c(C)c2c(-c3ccc4oc5ccccc5c4c3)c3c(C)c(C)c(C)c(C)c3c(-c3ccc(-c4ccccc4)cc3)c2c1C. The Labute approximate surface area is 277 Å². The van der Waals surface area contributed by atoms with Crippen LogP contribution in [0.4, 0.5) is 0 Å². The van der Waals surface area contributed by atoms with Gasteiger partial charge in [0.05, 0.1) is 0 Å². The fraction of sp³-hybridized carbons (Fsp3) is 0.174. The first-order valence-electron chi connectivity index (χ1n) is 16.7. The standard InChI is InChI=1S/C46H40O/c1-25-27(3)31(7)43-41(29(25)5)45(35-20-18-34(19-21-35)33-14-10-9-11-15-33)42-30(6)26(2)28(4)32(8)44(42)46(43)36-22-23-40-38(24-36)37-16-12-13-17-39(37)47-40/h9-24H,1-8H3. The molecule has 0 radical (unpaired) electrons. The van der Waals surface area contributed by atoms with Crippen LogP contribution >= 0.6 is 0 Å². The Morgan fingerprint density at radius 1 is 0.319 bits per heavy atom. The summed E-state index contributed by atoms with van der Waals surface area (Å²) in [6, 6.07) is 35.2. The number of rotatable bonds is 3. The number of fused-ring (bicyclic) bond motifs is 5. The first kappa shape index (κ1) is 29.3. The molecule has 0 spiro atoms. The van der Waals surface area contributed by atoms with Gasteiger partial charge < -0.3 is 4.42 Å². The highest BCUT2D eigenvalue weighted by Crippen LogP contribution is 2.51. The molecule has 1 heteroatoms. The quantitative estimate of drug-likeness (QED) is 0.182. The molecule has 0 aliphatic carbocycles. The maximum Gasteiger partial charge on any atom is 0.135 e. The minimum atomic E-state index is 0.929. The maximum atomic E-state index is 6.29. The molecule has 8 aromatic rings. The van der Waals surface area contributed by atoms with Crippen LogP contribution in [0.25, 0.3) is 76.9 Å². The van der Waals surface area contributed by atoms with Crippen LogP contribution in [0.1, 0.15) is 44.5 Å². The van der Waals surface area contributed by atoms with Crippen molar-refractivity contribution < 1.29 is 4.42 Å². The molecule has 8 rings (SSSR count). The molecule has 0 atom stereocenters. The van der Waals surface area contributed by atoms with E-state index in [4.69, 9.17) is 4.42 Å². The van der Waals surface area contributed by atoms with E-state index in [9.17, 15) is 0 Å². The number of para-hydroxylation sites is 1. The first-order chi connectivity index (χ1) is 22.7. The van der Waals surface area contributed by atoms with Crippen molar-refractivity contribution >= 4 is 43.5 Å². The second-order valence-corrected chi connectivity index (χ2v) is 13.5. The Morgan fingerprint density at radius 2 is 0.723 bits per heavy atom. The van der Waals surface area contributed by atoms with Gasteiger partial charge in [0.1, 0.15) is 11.2 Å². The summed E-state index contributed by atoms with van der Waals surface area (Å²) in [4.78, 5) is 0. The predicted octanol–water partition coefficient (Wildman–Crippen LogP) is 13.4. The maximum absolute atomic E-state index is 6.29. The molecule has 1 heterocycles. The van der Waals surface area contributed by atoms with E-state index in [2.05, 4.69) is 146 Å². The minimum absolute atomic E-state index is 0.929.